The summed E-state index contributed by atoms with van der Waals surface area (Å²) in [5.74, 6) is -0.755. The van der Waals surface area contributed by atoms with E-state index in [4.69, 9.17) is 5.11 Å². The van der Waals surface area contributed by atoms with Gasteiger partial charge < -0.3 is 10.0 Å². The van der Waals surface area contributed by atoms with Crippen molar-refractivity contribution < 1.29 is 9.90 Å². The minimum atomic E-state index is -0.755. The van der Waals surface area contributed by atoms with Crippen LogP contribution in [-0.4, -0.2) is 35.1 Å². The number of carboxylic acids is 1. The molecule has 0 unspecified atom stereocenters. The molecular formula is C14H20BrNO2. The Bertz CT molecular complexity index is 418. The molecule has 0 aromatic heterocycles. The van der Waals surface area contributed by atoms with Crippen molar-refractivity contribution in [2.24, 2.45) is 0 Å². The standard InChI is InChI=1S/C14H20BrNO2/c1-14(2,10-13(17)18)16(3)8-7-11-5-4-6-12(15)9-11/h4-6,9H,7-8,10H2,1-3H3,(H,17,18). The van der Waals surface area contributed by atoms with Gasteiger partial charge in [-0.3, -0.25) is 4.79 Å². The molecule has 3 nitrogen and oxygen atoms in total. The predicted octanol–water partition coefficient (Wildman–Crippen LogP) is 3.18. The number of halogens is 1. The zero-order valence-corrected chi connectivity index (χ0v) is 12.7. The summed E-state index contributed by atoms with van der Waals surface area (Å²) < 4.78 is 1.08. The molecule has 1 aromatic carbocycles. The van der Waals surface area contributed by atoms with E-state index < -0.39 is 5.97 Å². The molecule has 0 atom stereocenters. The van der Waals surface area contributed by atoms with Crippen LogP contribution in [0.2, 0.25) is 0 Å². The highest BCUT2D eigenvalue weighted by Gasteiger charge is 2.26. The minimum absolute atomic E-state index is 0.155. The molecule has 0 saturated carbocycles. The van der Waals surface area contributed by atoms with Gasteiger partial charge in [-0.25, -0.2) is 0 Å². The van der Waals surface area contributed by atoms with Crippen LogP contribution >= 0.6 is 15.9 Å². The Hall–Kier alpha value is -0.870. The first-order chi connectivity index (χ1) is 8.31. The van der Waals surface area contributed by atoms with Crippen LogP contribution in [0.3, 0.4) is 0 Å². The number of rotatable bonds is 6. The summed E-state index contributed by atoms with van der Waals surface area (Å²) >= 11 is 3.45. The van der Waals surface area contributed by atoms with Crippen LogP contribution in [0.5, 0.6) is 0 Å². The lowest BCUT2D eigenvalue weighted by Gasteiger charge is -2.34. The van der Waals surface area contributed by atoms with Gasteiger partial charge in [0.25, 0.3) is 0 Å². The van der Waals surface area contributed by atoms with Crippen molar-refractivity contribution in [1.29, 1.82) is 0 Å². The van der Waals surface area contributed by atoms with Crippen molar-refractivity contribution in [2.45, 2.75) is 32.2 Å². The van der Waals surface area contributed by atoms with Crippen LogP contribution < -0.4 is 0 Å². The molecule has 0 aliphatic carbocycles. The van der Waals surface area contributed by atoms with Crippen molar-refractivity contribution in [1.82, 2.24) is 4.90 Å². The summed E-state index contributed by atoms with van der Waals surface area (Å²) in [6, 6.07) is 8.20. The molecule has 100 valence electrons. The van der Waals surface area contributed by atoms with E-state index in [2.05, 4.69) is 33.0 Å². The van der Waals surface area contributed by atoms with Crippen LogP contribution in [0.15, 0.2) is 28.7 Å². The van der Waals surface area contributed by atoms with Gasteiger partial charge in [-0.2, -0.15) is 0 Å². The SMILES string of the molecule is CN(CCc1cccc(Br)c1)C(C)(C)CC(=O)O. The van der Waals surface area contributed by atoms with Gasteiger partial charge in [0.2, 0.25) is 0 Å². The first kappa shape index (κ1) is 15.2. The summed E-state index contributed by atoms with van der Waals surface area (Å²) in [5.41, 5.74) is 0.931. The van der Waals surface area contributed by atoms with E-state index >= 15 is 0 Å². The molecule has 0 saturated heterocycles. The summed E-state index contributed by atoms with van der Waals surface area (Å²) in [6.07, 6.45) is 1.07. The largest absolute Gasteiger partial charge is 0.481 e. The number of benzene rings is 1. The number of hydrogen-bond donors (Lipinski definition) is 1. The molecule has 1 rings (SSSR count). The first-order valence-electron chi connectivity index (χ1n) is 5.99. The van der Waals surface area contributed by atoms with Gasteiger partial charge in [0.1, 0.15) is 0 Å². The zero-order valence-electron chi connectivity index (χ0n) is 11.1. The lowest BCUT2D eigenvalue weighted by Crippen LogP contribution is -2.43. The summed E-state index contributed by atoms with van der Waals surface area (Å²) in [4.78, 5) is 12.9. The van der Waals surface area contributed by atoms with E-state index in [1.165, 1.54) is 5.56 Å². The molecule has 1 N–H and O–H groups in total. The third kappa shape index (κ3) is 4.78. The van der Waals surface area contributed by atoms with Crippen molar-refractivity contribution in [3.63, 3.8) is 0 Å². The van der Waals surface area contributed by atoms with E-state index in [-0.39, 0.29) is 12.0 Å². The molecule has 18 heavy (non-hydrogen) atoms. The monoisotopic (exact) mass is 313 g/mol. The van der Waals surface area contributed by atoms with E-state index in [9.17, 15) is 4.79 Å². The Morgan fingerprint density at radius 1 is 1.44 bits per heavy atom. The smallest absolute Gasteiger partial charge is 0.305 e. The van der Waals surface area contributed by atoms with Gasteiger partial charge in [-0.05, 0) is 45.0 Å². The Kier molecular flexibility index (Phi) is 5.35. The van der Waals surface area contributed by atoms with Crippen LogP contribution in [-0.2, 0) is 11.2 Å². The molecule has 1 aromatic rings. The highest BCUT2D eigenvalue weighted by Crippen LogP contribution is 2.18. The fourth-order valence-electron chi connectivity index (χ4n) is 1.80. The summed E-state index contributed by atoms with van der Waals surface area (Å²) in [7, 11) is 1.97. The highest BCUT2D eigenvalue weighted by atomic mass is 79.9. The van der Waals surface area contributed by atoms with Gasteiger partial charge in [-0.15, -0.1) is 0 Å². The van der Waals surface area contributed by atoms with Crippen molar-refractivity contribution >= 4 is 21.9 Å². The molecule has 0 aliphatic heterocycles. The topological polar surface area (TPSA) is 40.5 Å². The van der Waals surface area contributed by atoms with Crippen molar-refractivity contribution in [3.05, 3.63) is 34.3 Å². The molecule has 0 fully saturated rings. The van der Waals surface area contributed by atoms with E-state index in [1.54, 1.807) is 0 Å². The zero-order chi connectivity index (χ0) is 13.8. The Morgan fingerprint density at radius 2 is 2.11 bits per heavy atom. The number of aliphatic carboxylic acids is 1. The predicted molar refractivity (Wildman–Crippen MR) is 76.8 cm³/mol. The normalized spacial score (nSPS) is 11.8. The maximum atomic E-state index is 10.8. The van der Waals surface area contributed by atoms with Crippen LogP contribution in [0, 0.1) is 0 Å². The first-order valence-corrected chi connectivity index (χ1v) is 6.78. The lowest BCUT2D eigenvalue weighted by atomic mass is 9.98. The van der Waals surface area contributed by atoms with Crippen molar-refractivity contribution in [3.8, 4) is 0 Å². The second-order valence-corrected chi connectivity index (χ2v) is 6.10. The van der Waals surface area contributed by atoms with Crippen LogP contribution in [0.4, 0.5) is 0 Å². The average Bonchev–Trinajstić information content (AvgIpc) is 2.24. The second kappa shape index (κ2) is 6.34. The number of likely N-dealkylation sites (N-methyl/N-ethyl adjacent to an activating group) is 1. The fraction of sp³-hybridized carbons (Fsp3) is 0.500. The molecular weight excluding hydrogens is 294 g/mol. The van der Waals surface area contributed by atoms with Gasteiger partial charge in [0.15, 0.2) is 0 Å². The Labute approximate surface area is 117 Å². The summed E-state index contributed by atoms with van der Waals surface area (Å²) in [5, 5.41) is 8.89. The summed E-state index contributed by atoms with van der Waals surface area (Å²) in [6.45, 7) is 4.76. The van der Waals surface area contributed by atoms with E-state index in [0.29, 0.717) is 0 Å². The Balaban J connectivity index is 2.55. The number of carbonyl (C=O) groups is 1. The second-order valence-electron chi connectivity index (χ2n) is 5.18. The molecule has 0 heterocycles. The Morgan fingerprint density at radius 3 is 2.67 bits per heavy atom. The number of carboxylic acid groups (broad SMARTS) is 1. The molecule has 0 aliphatic rings. The maximum Gasteiger partial charge on any atom is 0.305 e. The third-order valence-electron chi connectivity index (χ3n) is 3.24. The van der Waals surface area contributed by atoms with E-state index in [1.807, 2.05) is 33.0 Å². The number of nitrogens with zero attached hydrogens (tertiary/aromatic N) is 1. The highest BCUT2D eigenvalue weighted by molar-refractivity contribution is 9.10. The third-order valence-corrected chi connectivity index (χ3v) is 3.74. The van der Waals surface area contributed by atoms with E-state index in [0.717, 1.165) is 17.4 Å². The quantitative estimate of drug-likeness (QED) is 0.877. The van der Waals surface area contributed by atoms with Crippen molar-refractivity contribution in [2.75, 3.05) is 13.6 Å². The molecule has 0 bridgehead atoms. The number of hydrogen-bond acceptors (Lipinski definition) is 2. The molecule has 4 heteroatoms. The maximum absolute atomic E-state index is 10.8. The van der Waals surface area contributed by atoms with Crippen LogP contribution in [0.25, 0.3) is 0 Å². The van der Waals surface area contributed by atoms with Crippen LogP contribution in [0.1, 0.15) is 25.8 Å². The average molecular weight is 314 g/mol. The lowest BCUT2D eigenvalue weighted by molar-refractivity contribution is -0.139. The molecule has 0 amide bonds. The molecule has 0 spiro atoms. The van der Waals surface area contributed by atoms with Gasteiger partial charge in [0, 0.05) is 16.6 Å². The van der Waals surface area contributed by atoms with Gasteiger partial charge in [0.05, 0.1) is 6.42 Å². The fourth-order valence-corrected chi connectivity index (χ4v) is 2.24. The molecule has 0 radical (unpaired) electrons. The minimum Gasteiger partial charge on any atom is -0.481 e. The van der Waals surface area contributed by atoms with Gasteiger partial charge in [-0.1, -0.05) is 28.1 Å². The van der Waals surface area contributed by atoms with Gasteiger partial charge >= 0.3 is 5.97 Å².